The molecule has 2 rings (SSSR count). The third-order valence-electron chi connectivity index (χ3n) is 2.45. The van der Waals surface area contributed by atoms with Crippen LogP contribution < -0.4 is 5.32 Å². The summed E-state index contributed by atoms with van der Waals surface area (Å²) in [4.78, 5) is 27.3. The highest BCUT2D eigenvalue weighted by atomic mass is 32.2. The fraction of sp³-hybridized carbons (Fsp3) is 0.545. The predicted molar refractivity (Wildman–Crippen MR) is 71.3 cm³/mol. The third-order valence-corrected chi connectivity index (χ3v) is 4.44. The molecule has 0 radical (unpaired) electrons. The maximum absolute atomic E-state index is 11.9. The van der Waals surface area contributed by atoms with Gasteiger partial charge in [0.15, 0.2) is 0 Å². The molecule has 7 heteroatoms. The molecule has 2 heterocycles. The van der Waals surface area contributed by atoms with Crippen LogP contribution in [-0.4, -0.2) is 41.0 Å². The Morgan fingerprint density at radius 3 is 3.11 bits per heavy atom. The van der Waals surface area contributed by atoms with Gasteiger partial charge < -0.3 is 10.1 Å². The number of nitrogens with zero attached hydrogens (tertiary/aromatic N) is 1. The van der Waals surface area contributed by atoms with E-state index in [1.54, 1.807) is 12.3 Å². The molecule has 18 heavy (non-hydrogen) atoms. The Labute approximate surface area is 113 Å². The first kappa shape index (κ1) is 13.4. The van der Waals surface area contributed by atoms with Crippen LogP contribution in [0.3, 0.4) is 0 Å². The van der Waals surface area contributed by atoms with E-state index < -0.39 is 5.97 Å². The Bertz CT molecular complexity index is 441. The van der Waals surface area contributed by atoms with E-state index in [4.69, 9.17) is 4.74 Å². The van der Waals surface area contributed by atoms with E-state index in [0.717, 1.165) is 29.3 Å². The van der Waals surface area contributed by atoms with Gasteiger partial charge in [-0.1, -0.05) is 0 Å². The molecular weight excluding hydrogens is 272 g/mol. The van der Waals surface area contributed by atoms with Gasteiger partial charge in [0.25, 0.3) is 5.91 Å². The molecule has 0 aliphatic carbocycles. The third kappa shape index (κ3) is 3.23. The number of hydrogen-bond acceptors (Lipinski definition) is 6. The molecule has 0 aromatic carbocycles. The number of amides is 1. The number of rotatable bonds is 4. The van der Waals surface area contributed by atoms with E-state index in [9.17, 15) is 9.59 Å². The van der Waals surface area contributed by atoms with Crippen LogP contribution >= 0.6 is 23.1 Å². The van der Waals surface area contributed by atoms with Gasteiger partial charge in [0.1, 0.15) is 5.69 Å². The molecule has 5 nitrogen and oxygen atoms in total. The quantitative estimate of drug-likeness (QED) is 0.851. The van der Waals surface area contributed by atoms with Crippen LogP contribution in [0.2, 0.25) is 0 Å². The van der Waals surface area contributed by atoms with Gasteiger partial charge in [0.05, 0.1) is 6.61 Å². The normalized spacial score (nSPS) is 18.6. The van der Waals surface area contributed by atoms with E-state index in [0.29, 0.717) is 12.3 Å². The average molecular weight is 286 g/mol. The zero-order valence-electron chi connectivity index (χ0n) is 9.97. The largest absolute Gasteiger partial charge is 0.461 e. The molecule has 1 atom stereocenters. The fourth-order valence-corrected chi connectivity index (χ4v) is 3.41. The molecule has 1 aliphatic rings. The van der Waals surface area contributed by atoms with Crippen molar-refractivity contribution in [2.24, 2.45) is 0 Å². The maximum Gasteiger partial charge on any atom is 0.367 e. The van der Waals surface area contributed by atoms with Gasteiger partial charge >= 0.3 is 5.97 Å². The van der Waals surface area contributed by atoms with E-state index >= 15 is 0 Å². The Morgan fingerprint density at radius 1 is 1.61 bits per heavy atom. The van der Waals surface area contributed by atoms with Gasteiger partial charge in [-0.25, -0.2) is 9.78 Å². The van der Waals surface area contributed by atoms with Crippen LogP contribution in [-0.2, 0) is 4.74 Å². The lowest BCUT2D eigenvalue weighted by Gasteiger charge is -2.09. The first-order valence-corrected chi connectivity index (χ1v) is 7.75. The van der Waals surface area contributed by atoms with Crippen molar-refractivity contribution < 1.29 is 14.3 Å². The van der Waals surface area contributed by atoms with Gasteiger partial charge in [0.2, 0.25) is 5.01 Å². The first-order valence-electron chi connectivity index (χ1n) is 5.72. The second-order valence-electron chi connectivity index (χ2n) is 3.79. The minimum absolute atomic E-state index is 0.214. The molecule has 1 aliphatic heterocycles. The zero-order valence-corrected chi connectivity index (χ0v) is 11.6. The van der Waals surface area contributed by atoms with Gasteiger partial charge in [-0.05, 0) is 19.1 Å². The van der Waals surface area contributed by atoms with Crippen LogP contribution in [0.5, 0.6) is 0 Å². The van der Waals surface area contributed by atoms with E-state index in [1.165, 1.54) is 0 Å². The summed E-state index contributed by atoms with van der Waals surface area (Å²) in [7, 11) is 0. The van der Waals surface area contributed by atoms with Crippen molar-refractivity contribution >= 4 is 35.0 Å². The summed E-state index contributed by atoms with van der Waals surface area (Å²) >= 11 is 2.96. The van der Waals surface area contributed by atoms with E-state index in [-0.39, 0.29) is 17.0 Å². The number of esters is 1. The van der Waals surface area contributed by atoms with Crippen molar-refractivity contribution in [2.75, 3.05) is 18.1 Å². The zero-order chi connectivity index (χ0) is 13.0. The highest BCUT2D eigenvalue weighted by Crippen LogP contribution is 2.18. The minimum Gasteiger partial charge on any atom is -0.461 e. The summed E-state index contributed by atoms with van der Waals surface area (Å²) in [6.45, 7) is 2.04. The van der Waals surface area contributed by atoms with Crippen molar-refractivity contribution in [1.82, 2.24) is 10.3 Å². The lowest BCUT2D eigenvalue weighted by atomic mass is 10.2. The van der Waals surface area contributed by atoms with Crippen molar-refractivity contribution in [3.8, 4) is 0 Å². The number of carbonyl (C=O) groups is 2. The fourth-order valence-electron chi connectivity index (χ4n) is 1.57. The van der Waals surface area contributed by atoms with Gasteiger partial charge in [-0.3, -0.25) is 4.79 Å². The average Bonchev–Trinajstić information content (AvgIpc) is 2.99. The second kappa shape index (κ2) is 6.19. The Kier molecular flexibility index (Phi) is 4.60. The van der Waals surface area contributed by atoms with Crippen LogP contribution in [0.15, 0.2) is 5.38 Å². The smallest absolute Gasteiger partial charge is 0.367 e. The molecule has 1 aromatic heterocycles. The minimum atomic E-state index is -0.474. The summed E-state index contributed by atoms with van der Waals surface area (Å²) in [5.41, 5.74) is 0.292. The van der Waals surface area contributed by atoms with Crippen molar-refractivity contribution in [3.63, 3.8) is 0 Å². The lowest BCUT2D eigenvalue weighted by Crippen LogP contribution is -2.34. The number of aromatic nitrogens is 1. The molecule has 1 fully saturated rings. The molecule has 1 amide bonds. The standard InChI is InChI=1S/C11H14N2O3S2/c1-2-16-11(15)10-13-8(6-18-10)9(14)12-7-3-4-17-5-7/h6-7H,2-5H2,1H3,(H,12,14). The highest BCUT2D eigenvalue weighted by molar-refractivity contribution is 7.99. The van der Waals surface area contributed by atoms with Crippen LogP contribution in [0.25, 0.3) is 0 Å². The summed E-state index contributed by atoms with van der Waals surface area (Å²) in [6, 6.07) is 0.218. The number of thioether (sulfide) groups is 1. The first-order chi connectivity index (χ1) is 8.70. The van der Waals surface area contributed by atoms with Gasteiger partial charge in [0, 0.05) is 17.2 Å². The Hall–Kier alpha value is -1.08. The molecular formula is C11H14N2O3S2. The van der Waals surface area contributed by atoms with Crippen LogP contribution in [0, 0.1) is 0 Å². The van der Waals surface area contributed by atoms with Crippen LogP contribution in [0.1, 0.15) is 33.6 Å². The summed E-state index contributed by atoms with van der Waals surface area (Å²) in [5, 5.41) is 4.72. The van der Waals surface area contributed by atoms with Gasteiger partial charge in [-0.2, -0.15) is 11.8 Å². The van der Waals surface area contributed by atoms with Crippen molar-refractivity contribution in [2.45, 2.75) is 19.4 Å². The van der Waals surface area contributed by atoms with Crippen molar-refractivity contribution in [3.05, 3.63) is 16.1 Å². The molecule has 0 saturated carbocycles. The highest BCUT2D eigenvalue weighted by Gasteiger charge is 2.21. The molecule has 98 valence electrons. The Morgan fingerprint density at radius 2 is 2.44 bits per heavy atom. The molecule has 1 unspecified atom stereocenters. The summed E-state index contributed by atoms with van der Waals surface area (Å²) in [6.07, 6.45) is 0.991. The van der Waals surface area contributed by atoms with Crippen LogP contribution in [0.4, 0.5) is 0 Å². The predicted octanol–water partition coefficient (Wildman–Crippen LogP) is 1.56. The number of nitrogens with one attached hydrogen (secondary N) is 1. The summed E-state index contributed by atoms with van der Waals surface area (Å²) in [5.74, 6) is 1.34. The lowest BCUT2D eigenvalue weighted by molar-refractivity contribution is 0.0526. The molecule has 1 N–H and O–H groups in total. The number of carbonyl (C=O) groups excluding carboxylic acids is 2. The van der Waals surface area contributed by atoms with E-state index in [2.05, 4.69) is 10.3 Å². The monoisotopic (exact) mass is 286 g/mol. The Balaban J connectivity index is 1.96. The second-order valence-corrected chi connectivity index (χ2v) is 5.80. The van der Waals surface area contributed by atoms with Gasteiger partial charge in [-0.15, -0.1) is 11.3 Å². The molecule has 1 saturated heterocycles. The van der Waals surface area contributed by atoms with Crippen molar-refractivity contribution in [1.29, 1.82) is 0 Å². The number of thiazole rings is 1. The topological polar surface area (TPSA) is 68.3 Å². The SMILES string of the molecule is CCOC(=O)c1nc(C(=O)NC2CCSC2)cs1. The molecule has 0 spiro atoms. The summed E-state index contributed by atoms with van der Waals surface area (Å²) < 4.78 is 4.83. The van der Waals surface area contributed by atoms with E-state index in [1.807, 2.05) is 11.8 Å². The maximum atomic E-state index is 11.9. The number of hydrogen-bond donors (Lipinski definition) is 1. The molecule has 0 bridgehead atoms. The number of ether oxygens (including phenoxy) is 1. The molecule has 1 aromatic rings.